The Labute approximate surface area is 131 Å². The molecular formula is C14H16N4O3S. The van der Waals surface area contributed by atoms with E-state index < -0.39 is 11.8 Å². The fourth-order valence-electron chi connectivity index (χ4n) is 2.38. The van der Waals surface area contributed by atoms with Crippen molar-refractivity contribution in [2.45, 2.75) is 25.1 Å². The van der Waals surface area contributed by atoms with Crippen molar-refractivity contribution in [3.8, 4) is 0 Å². The first-order chi connectivity index (χ1) is 10.5. The van der Waals surface area contributed by atoms with Crippen molar-refractivity contribution in [3.63, 3.8) is 0 Å². The highest BCUT2D eigenvalue weighted by Gasteiger charge is 2.50. The highest BCUT2D eigenvalue weighted by Crippen LogP contribution is 2.35. The van der Waals surface area contributed by atoms with Crippen molar-refractivity contribution in [1.82, 2.24) is 10.3 Å². The third-order valence-corrected chi connectivity index (χ3v) is 4.62. The van der Waals surface area contributed by atoms with Crippen molar-refractivity contribution in [2.24, 2.45) is 5.10 Å². The number of aliphatic hydroxyl groups is 1. The summed E-state index contributed by atoms with van der Waals surface area (Å²) in [5.41, 5.74) is 1.80. The van der Waals surface area contributed by atoms with E-state index in [1.165, 1.54) is 16.7 Å². The Balaban J connectivity index is 1.74. The topological polar surface area (TPSA) is 94.0 Å². The molecule has 2 unspecified atom stereocenters. The Kier molecular flexibility index (Phi) is 3.79. The summed E-state index contributed by atoms with van der Waals surface area (Å²) in [5.74, 6) is -0.423. The van der Waals surface area contributed by atoms with Crippen molar-refractivity contribution in [1.29, 1.82) is 0 Å². The Hall–Kier alpha value is -2.06. The minimum atomic E-state index is -1.55. The average molecular weight is 320 g/mol. The third-order valence-electron chi connectivity index (χ3n) is 3.49. The SMILES string of the molecule is CC1NN=C2SCC(O)(CC(=O)Nc3ccccc3)N2C1=O. The fraction of sp³-hybridized carbons (Fsp3) is 0.357. The van der Waals surface area contributed by atoms with E-state index in [0.29, 0.717) is 10.9 Å². The molecule has 7 nitrogen and oxygen atoms in total. The molecule has 0 radical (unpaired) electrons. The molecule has 2 aliphatic heterocycles. The summed E-state index contributed by atoms with van der Waals surface area (Å²) < 4.78 is 0. The number of nitrogens with one attached hydrogen (secondary N) is 2. The number of amidine groups is 1. The molecule has 0 saturated carbocycles. The normalized spacial score (nSPS) is 27.0. The predicted octanol–water partition coefficient (Wildman–Crippen LogP) is 0.542. The molecule has 0 bridgehead atoms. The van der Waals surface area contributed by atoms with Gasteiger partial charge in [-0.15, -0.1) is 0 Å². The number of hydrogen-bond acceptors (Lipinski definition) is 6. The second kappa shape index (κ2) is 5.62. The maximum Gasteiger partial charge on any atom is 0.254 e. The molecular weight excluding hydrogens is 304 g/mol. The zero-order valence-electron chi connectivity index (χ0n) is 11.9. The van der Waals surface area contributed by atoms with Gasteiger partial charge in [0.15, 0.2) is 10.9 Å². The molecule has 1 aromatic carbocycles. The van der Waals surface area contributed by atoms with E-state index in [-0.39, 0.29) is 24.0 Å². The average Bonchev–Trinajstić information content (AvgIpc) is 2.81. The van der Waals surface area contributed by atoms with Crippen LogP contribution in [0.2, 0.25) is 0 Å². The summed E-state index contributed by atoms with van der Waals surface area (Å²) in [4.78, 5) is 25.6. The molecule has 22 heavy (non-hydrogen) atoms. The highest BCUT2D eigenvalue weighted by atomic mass is 32.2. The quantitative estimate of drug-likeness (QED) is 0.756. The van der Waals surface area contributed by atoms with Gasteiger partial charge in [0, 0.05) is 5.69 Å². The van der Waals surface area contributed by atoms with Gasteiger partial charge in [0.05, 0.1) is 12.2 Å². The number of anilines is 1. The second-order valence-corrected chi connectivity index (χ2v) is 6.22. The first-order valence-corrected chi connectivity index (χ1v) is 7.85. The van der Waals surface area contributed by atoms with E-state index in [1.54, 1.807) is 19.1 Å². The molecule has 1 fully saturated rings. The van der Waals surface area contributed by atoms with Crippen molar-refractivity contribution < 1.29 is 14.7 Å². The molecule has 0 aromatic heterocycles. The van der Waals surface area contributed by atoms with Gasteiger partial charge in [0.2, 0.25) is 5.91 Å². The Morgan fingerprint density at radius 3 is 3.00 bits per heavy atom. The van der Waals surface area contributed by atoms with E-state index in [4.69, 9.17) is 0 Å². The number of amides is 2. The van der Waals surface area contributed by atoms with Gasteiger partial charge in [0.25, 0.3) is 5.91 Å². The number of thioether (sulfide) groups is 1. The lowest BCUT2D eigenvalue weighted by Crippen LogP contribution is -2.59. The Bertz CT molecular complexity index is 636. The van der Waals surface area contributed by atoms with Crippen LogP contribution in [-0.2, 0) is 9.59 Å². The summed E-state index contributed by atoms with van der Waals surface area (Å²) in [6.45, 7) is 1.66. The monoisotopic (exact) mass is 320 g/mol. The number of rotatable bonds is 3. The lowest BCUT2D eigenvalue weighted by Gasteiger charge is -2.35. The summed E-state index contributed by atoms with van der Waals surface area (Å²) >= 11 is 1.25. The smallest absolute Gasteiger partial charge is 0.254 e. The second-order valence-electron chi connectivity index (χ2n) is 5.28. The maximum absolute atomic E-state index is 12.2. The minimum Gasteiger partial charge on any atom is -0.369 e. The van der Waals surface area contributed by atoms with Crippen LogP contribution in [0.4, 0.5) is 5.69 Å². The van der Waals surface area contributed by atoms with E-state index >= 15 is 0 Å². The van der Waals surface area contributed by atoms with Crippen LogP contribution in [-0.4, -0.2) is 44.5 Å². The van der Waals surface area contributed by atoms with Crippen LogP contribution >= 0.6 is 11.8 Å². The minimum absolute atomic E-state index is 0.202. The zero-order valence-corrected chi connectivity index (χ0v) is 12.8. The number of para-hydroxylation sites is 1. The zero-order chi connectivity index (χ0) is 15.7. The molecule has 3 rings (SSSR count). The van der Waals surface area contributed by atoms with Gasteiger partial charge in [-0.25, -0.2) is 0 Å². The number of benzene rings is 1. The van der Waals surface area contributed by atoms with E-state index in [0.717, 1.165) is 0 Å². The molecule has 3 N–H and O–H groups in total. The van der Waals surface area contributed by atoms with Gasteiger partial charge in [-0.3, -0.25) is 19.9 Å². The molecule has 1 aromatic rings. The van der Waals surface area contributed by atoms with Gasteiger partial charge >= 0.3 is 0 Å². The fourth-order valence-corrected chi connectivity index (χ4v) is 3.48. The molecule has 2 atom stereocenters. The van der Waals surface area contributed by atoms with Gasteiger partial charge in [-0.05, 0) is 19.1 Å². The summed E-state index contributed by atoms with van der Waals surface area (Å²) in [6, 6.07) is 8.46. The van der Waals surface area contributed by atoms with Crippen LogP contribution in [0.3, 0.4) is 0 Å². The van der Waals surface area contributed by atoms with E-state index in [1.807, 2.05) is 18.2 Å². The van der Waals surface area contributed by atoms with E-state index in [2.05, 4.69) is 15.8 Å². The lowest BCUT2D eigenvalue weighted by molar-refractivity contribution is -0.148. The Morgan fingerprint density at radius 2 is 2.27 bits per heavy atom. The molecule has 0 spiro atoms. The van der Waals surface area contributed by atoms with Gasteiger partial charge in [-0.2, -0.15) is 5.10 Å². The largest absolute Gasteiger partial charge is 0.369 e. The van der Waals surface area contributed by atoms with Crippen LogP contribution < -0.4 is 10.7 Å². The van der Waals surface area contributed by atoms with E-state index in [9.17, 15) is 14.7 Å². The van der Waals surface area contributed by atoms with Crippen molar-refractivity contribution in [2.75, 3.05) is 11.1 Å². The number of hydrogen-bond donors (Lipinski definition) is 3. The van der Waals surface area contributed by atoms with Crippen LogP contribution in [0.5, 0.6) is 0 Å². The van der Waals surface area contributed by atoms with Gasteiger partial charge in [-0.1, -0.05) is 30.0 Å². The van der Waals surface area contributed by atoms with Gasteiger partial charge in [0.1, 0.15) is 6.04 Å². The number of carbonyl (C=O) groups is 2. The maximum atomic E-state index is 12.2. The van der Waals surface area contributed by atoms with Crippen LogP contribution in [0.15, 0.2) is 35.4 Å². The standard InChI is InChI=1S/C14H16N4O3S/c1-9-12(20)18-13(17-16-9)22-8-14(18,21)7-11(19)15-10-5-3-2-4-6-10/h2-6,9,16,21H,7-8H2,1H3,(H,15,19). The first kappa shape index (κ1) is 14.9. The van der Waals surface area contributed by atoms with Crippen LogP contribution in [0.25, 0.3) is 0 Å². The molecule has 8 heteroatoms. The Morgan fingerprint density at radius 1 is 1.55 bits per heavy atom. The van der Waals surface area contributed by atoms with Gasteiger partial charge < -0.3 is 10.4 Å². The molecule has 2 aliphatic rings. The third kappa shape index (κ3) is 2.67. The molecule has 116 valence electrons. The van der Waals surface area contributed by atoms with Crippen molar-refractivity contribution >= 4 is 34.4 Å². The molecule has 1 saturated heterocycles. The highest BCUT2D eigenvalue weighted by molar-refractivity contribution is 8.14. The first-order valence-electron chi connectivity index (χ1n) is 6.87. The van der Waals surface area contributed by atoms with Crippen LogP contribution in [0, 0.1) is 0 Å². The summed E-state index contributed by atoms with van der Waals surface area (Å²) in [5, 5.41) is 17.9. The predicted molar refractivity (Wildman–Crippen MR) is 84.0 cm³/mol. The summed E-state index contributed by atoms with van der Waals surface area (Å²) in [7, 11) is 0. The van der Waals surface area contributed by atoms with Crippen LogP contribution in [0.1, 0.15) is 13.3 Å². The summed E-state index contributed by atoms with van der Waals surface area (Å²) in [6.07, 6.45) is -0.202. The number of nitrogens with zero attached hydrogens (tertiary/aromatic N) is 2. The molecule has 2 amide bonds. The number of fused-ring (bicyclic) bond motifs is 1. The molecule has 0 aliphatic carbocycles. The number of hydrazone groups is 1. The number of carbonyl (C=O) groups excluding carboxylic acids is 2. The van der Waals surface area contributed by atoms with Crippen molar-refractivity contribution in [3.05, 3.63) is 30.3 Å². The molecule has 2 heterocycles. The lowest BCUT2D eigenvalue weighted by atomic mass is 10.1.